The molecule has 128 valence electrons. The van der Waals surface area contributed by atoms with Crippen LogP contribution in [0.25, 0.3) is 11.1 Å². The van der Waals surface area contributed by atoms with E-state index in [1.54, 1.807) is 12.4 Å². The van der Waals surface area contributed by atoms with Gasteiger partial charge in [-0.25, -0.2) is 0 Å². The lowest BCUT2D eigenvalue weighted by Crippen LogP contribution is -2.65. The molecule has 1 aromatic carbocycles. The number of ether oxygens (including phenoxy) is 1. The highest BCUT2D eigenvalue weighted by molar-refractivity contribution is 5.80. The van der Waals surface area contributed by atoms with Gasteiger partial charge in [0.2, 0.25) is 5.91 Å². The lowest BCUT2D eigenvalue weighted by atomic mass is 9.75. The number of benzene rings is 1. The maximum absolute atomic E-state index is 12.1. The molecule has 1 amide bonds. The van der Waals surface area contributed by atoms with Crippen LogP contribution in [0.2, 0.25) is 0 Å². The molecule has 6 heteroatoms. The van der Waals surface area contributed by atoms with Gasteiger partial charge in [0, 0.05) is 25.4 Å². The van der Waals surface area contributed by atoms with E-state index in [0.29, 0.717) is 0 Å². The summed E-state index contributed by atoms with van der Waals surface area (Å²) in [5, 5.41) is 19.2. The zero-order valence-corrected chi connectivity index (χ0v) is 13.9. The minimum Gasteiger partial charge on any atom is -0.394 e. The minimum absolute atomic E-state index is 0.0959. The summed E-state index contributed by atoms with van der Waals surface area (Å²) in [6.07, 6.45) is 3.51. The van der Waals surface area contributed by atoms with E-state index in [0.717, 1.165) is 16.7 Å². The van der Waals surface area contributed by atoms with Crippen LogP contribution in [-0.4, -0.2) is 53.3 Å². The summed E-state index contributed by atoms with van der Waals surface area (Å²) in [7, 11) is 1.43. The fraction of sp³-hybridized carbons (Fsp3) is 0.316. The first-order valence-electron chi connectivity index (χ1n) is 8.02. The Morgan fingerprint density at radius 1 is 1.32 bits per heavy atom. The number of methoxy groups -OCH3 is 1. The van der Waals surface area contributed by atoms with Crippen LogP contribution < -0.4 is 0 Å². The second kappa shape index (κ2) is 7.43. The second-order valence-electron chi connectivity index (χ2n) is 5.95. The summed E-state index contributed by atoms with van der Waals surface area (Å²) in [4.78, 5) is 17.6. The number of amides is 1. The number of aliphatic hydroxyl groups excluding tert-OH is 1. The zero-order chi connectivity index (χ0) is 17.8. The molecule has 0 spiro atoms. The quantitative estimate of drug-likeness (QED) is 0.895. The number of hydrogen-bond donors (Lipinski definition) is 1. The van der Waals surface area contributed by atoms with Crippen molar-refractivity contribution in [1.82, 2.24) is 9.88 Å². The highest BCUT2D eigenvalue weighted by Crippen LogP contribution is 2.40. The van der Waals surface area contributed by atoms with Crippen molar-refractivity contribution in [2.24, 2.45) is 0 Å². The maximum atomic E-state index is 12.1. The molecule has 25 heavy (non-hydrogen) atoms. The van der Waals surface area contributed by atoms with Gasteiger partial charge in [0.25, 0.3) is 0 Å². The molecule has 0 bridgehead atoms. The van der Waals surface area contributed by atoms with E-state index in [4.69, 9.17) is 4.74 Å². The van der Waals surface area contributed by atoms with Crippen molar-refractivity contribution in [3.63, 3.8) is 0 Å². The molecule has 6 nitrogen and oxygen atoms in total. The Hall–Kier alpha value is -2.75. The van der Waals surface area contributed by atoms with Crippen LogP contribution in [-0.2, 0) is 9.53 Å². The number of nitrogens with zero attached hydrogens (tertiary/aromatic N) is 3. The largest absolute Gasteiger partial charge is 0.394 e. The number of likely N-dealkylation sites (tertiary alicyclic amines) is 1. The molecular formula is C19H19N3O3. The van der Waals surface area contributed by atoms with Crippen LogP contribution in [0.4, 0.5) is 0 Å². The number of rotatable bonds is 5. The molecule has 1 aliphatic heterocycles. The van der Waals surface area contributed by atoms with E-state index in [1.807, 2.05) is 36.4 Å². The van der Waals surface area contributed by atoms with Crippen LogP contribution in [0.15, 0.2) is 48.8 Å². The Balaban J connectivity index is 1.83. The Kier molecular flexibility index (Phi) is 5.08. The Bertz CT molecular complexity index is 771. The molecule has 0 radical (unpaired) electrons. The van der Waals surface area contributed by atoms with Gasteiger partial charge in [-0.3, -0.25) is 9.78 Å². The third-order valence-electron chi connectivity index (χ3n) is 4.58. The predicted octanol–water partition coefficient (Wildman–Crippen LogP) is 1.57. The van der Waals surface area contributed by atoms with Crippen LogP contribution in [0.5, 0.6) is 0 Å². The predicted molar refractivity (Wildman–Crippen MR) is 91.4 cm³/mol. The van der Waals surface area contributed by atoms with E-state index >= 15 is 0 Å². The molecule has 1 N–H and O–H groups in total. The van der Waals surface area contributed by atoms with Crippen LogP contribution in [0.1, 0.15) is 11.5 Å². The highest BCUT2D eigenvalue weighted by atomic mass is 16.5. The third-order valence-corrected chi connectivity index (χ3v) is 4.58. The van der Waals surface area contributed by atoms with Crippen LogP contribution in [0.3, 0.4) is 0 Å². The molecule has 3 atom stereocenters. The van der Waals surface area contributed by atoms with Gasteiger partial charge in [-0.05, 0) is 22.8 Å². The molecule has 2 heterocycles. The van der Waals surface area contributed by atoms with E-state index in [1.165, 1.54) is 12.0 Å². The van der Waals surface area contributed by atoms with Gasteiger partial charge in [0.05, 0.1) is 18.7 Å². The van der Waals surface area contributed by atoms with Crippen molar-refractivity contribution >= 4 is 5.91 Å². The van der Waals surface area contributed by atoms with Gasteiger partial charge in [-0.15, -0.1) is 0 Å². The van der Waals surface area contributed by atoms with E-state index in [-0.39, 0.29) is 25.0 Å². The van der Waals surface area contributed by atoms with Crippen LogP contribution >= 0.6 is 0 Å². The number of nitriles is 1. The Labute approximate surface area is 146 Å². The molecule has 1 fully saturated rings. The smallest absolute Gasteiger partial charge is 0.249 e. The zero-order valence-electron chi connectivity index (χ0n) is 13.9. The lowest BCUT2D eigenvalue weighted by Gasteiger charge is -2.51. The van der Waals surface area contributed by atoms with Gasteiger partial charge < -0.3 is 14.7 Å². The molecule has 0 aliphatic carbocycles. The number of carbonyl (C=O) groups excluding carboxylic acids is 1. The van der Waals surface area contributed by atoms with Gasteiger partial charge in [0.1, 0.15) is 12.6 Å². The molecule has 0 unspecified atom stereocenters. The number of pyridine rings is 1. The molecule has 1 aromatic heterocycles. The van der Waals surface area contributed by atoms with Gasteiger partial charge in [-0.1, -0.05) is 30.3 Å². The topological polar surface area (TPSA) is 86.5 Å². The highest BCUT2D eigenvalue weighted by Gasteiger charge is 2.51. The van der Waals surface area contributed by atoms with Crippen molar-refractivity contribution in [2.45, 2.75) is 18.0 Å². The molecule has 1 saturated heterocycles. The Morgan fingerprint density at radius 2 is 2.08 bits per heavy atom. The van der Waals surface area contributed by atoms with E-state index in [2.05, 4.69) is 11.1 Å². The summed E-state index contributed by atoms with van der Waals surface area (Å²) in [6, 6.07) is 12.9. The fourth-order valence-electron chi connectivity index (χ4n) is 3.38. The monoisotopic (exact) mass is 337 g/mol. The molecular weight excluding hydrogens is 318 g/mol. The first kappa shape index (κ1) is 17.1. The van der Waals surface area contributed by atoms with Crippen molar-refractivity contribution in [3.05, 3.63) is 54.4 Å². The molecule has 0 saturated carbocycles. The number of aliphatic hydroxyl groups is 1. The fourth-order valence-corrected chi connectivity index (χ4v) is 3.38. The number of hydrogen-bond acceptors (Lipinski definition) is 5. The van der Waals surface area contributed by atoms with Crippen molar-refractivity contribution in [3.8, 4) is 17.2 Å². The van der Waals surface area contributed by atoms with Crippen molar-refractivity contribution in [1.29, 1.82) is 5.26 Å². The third kappa shape index (κ3) is 3.12. The molecule has 1 aliphatic rings. The average Bonchev–Trinajstić information content (AvgIpc) is 2.63. The van der Waals surface area contributed by atoms with Crippen molar-refractivity contribution < 1.29 is 14.6 Å². The Morgan fingerprint density at radius 3 is 2.64 bits per heavy atom. The van der Waals surface area contributed by atoms with Gasteiger partial charge in [0.15, 0.2) is 0 Å². The first-order chi connectivity index (χ1) is 12.2. The molecule has 3 rings (SSSR count). The summed E-state index contributed by atoms with van der Waals surface area (Å²) in [5.41, 5.74) is 2.97. The summed E-state index contributed by atoms with van der Waals surface area (Å²) in [6.45, 7) is -0.288. The summed E-state index contributed by atoms with van der Waals surface area (Å²) < 4.78 is 4.86. The van der Waals surface area contributed by atoms with E-state index < -0.39 is 12.1 Å². The summed E-state index contributed by atoms with van der Waals surface area (Å²) >= 11 is 0. The maximum Gasteiger partial charge on any atom is 0.249 e. The summed E-state index contributed by atoms with van der Waals surface area (Å²) in [5.74, 6) is -0.491. The number of aromatic nitrogens is 1. The van der Waals surface area contributed by atoms with E-state index in [9.17, 15) is 15.2 Å². The second-order valence-corrected chi connectivity index (χ2v) is 5.95. The standard InChI is InChI=1S/C19H19N3O3/c1-25-12-18(24)22-16(9-20)19(17(22)11-23)14-6-4-13(5-7-14)15-3-2-8-21-10-15/h2-8,10,16-17,19,23H,11-12H2,1H3/t16-,17-,19+/m0/s1. The average molecular weight is 337 g/mol. The van der Waals surface area contributed by atoms with Gasteiger partial charge >= 0.3 is 0 Å². The van der Waals surface area contributed by atoms with Crippen LogP contribution in [0, 0.1) is 11.3 Å². The SMILES string of the molecule is COCC(=O)N1[C@@H](C#N)[C@@H](c2ccc(-c3cccnc3)cc2)[C@@H]1CO. The van der Waals surface area contributed by atoms with Crippen molar-refractivity contribution in [2.75, 3.05) is 20.3 Å². The minimum atomic E-state index is -0.593. The lowest BCUT2D eigenvalue weighted by molar-refractivity contribution is -0.150. The normalized spacial score (nSPS) is 22.1. The number of carbonyl (C=O) groups is 1. The van der Waals surface area contributed by atoms with Gasteiger partial charge in [-0.2, -0.15) is 5.26 Å². The molecule has 2 aromatic rings. The first-order valence-corrected chi connectivity index (χ1v) is 8.02.